The summed E-state index contributed by atoms with van der Waals surface area (Å²) < 4.78 is 2.16. The Kier molecular flexibility index (Phi) is 3.61. The highest BCUT2D eigenvalue weighted by atomic mass is 35.5. The van der Waals surface area contributed by atoms with E-state index in [-0.39, 0.29) is 0 Å². The van der Waals surface area contributed by atoms with Crippen molar-refractivity contribution in [1.82, 2.24) is 9.55 Å². The number of pyridine rings is 1. The fourth-order valence-corrected chi connectivity index (χ4v) is 2.51. The number of hydrogen-bond acceptors (Lipinski definition) is 2. The summed E-state index contributed by atoms with van der Waals surface area (Å²) in [7, 11) is 0. The van der Waals surface area contributed by atoms with Gasteiger partial charge in [-0.1, -0.05) is 17.7 Å². The average molecular weight is 286 g/mol. The zero-order valence-corrected chi connectivity index (χ0v) is 12.1. The van der Waals surface area contributed by atoms with Crippen LogP contribution in [0.15, 0.2) is 48.9 Å². The molecule has 3 nitrogen and oxygen atoms in total. The molecule has 0 saturated carbocycles. The smallest absolute Gasteiger partial charge is 0.0934 e. The van der Waals surface area contributed by atoms with Crippen molar-refractivity contribution < 1.29 is 0 Å². The van der Waals surface area contributed by atoms with Crippen molar-refractivity contribution in [3.05, 3.63) is 59.5 Å². The molecule has 4 heteroatoms. The lowest BCUT2D eigenvalue weighted by Gasteiger charge is -2.09. The minimum atomic E-state index is 0.721. The first-order valence-corrected chi connectivity index (χ1v) is 7.07. The van der Waals surface area contributed by atoms with Gasteiger partial charge < -0.3 is 9.88 Å². The largest absolute Gasteiger partial charge is 0.379 e. The molecular weight excluding hydrogens is 270 g/mol. The summed E-state index contributed by atoms with van der Waals surface area (Å²) in [4.78, 5) is 4.43. The summed E-state index contributed by atoms with van der Waals surface area (Å²) >= 11 is 6.16. The Bertz CT molecular complexity index is 733. The zero-order valence-electron chi connectivity index (χ0n) is 11.3. The SMILES string of the molecule is CCn1ccc(CNc2cc(Cl)cc3cccnc23)c1. The maximum absolute atomic E-state index is 6.16. The van der Waals surface area contributed by atoms with E-state index in [0.29, 0.717) is 0 Å². The molecular formula is C16H16ClN3. The van der Waals surface area contributed by atoms with Gasteiger partial charge in [-0.3, -0.25) is 4.98 Å². The van der Waals surface area contributed by atoms with Crippen LogP contribution in [0.3, 0.4) is 0 Å². The van der Waals surface area contributed by atoms with Gasteiger partial charge in [0.25, 0.3) is 0 Å². The highest BCUT2D eigenvalue weighted by Gasteiger charge is 2.04. The normalized spacial score (nSPS) is 10.9. The number of rotatable bonds is 4. The zero-order chi connectivity index (χ0) is 13.9. The van der Waals surface area contributed by atoms with Crippen LogP contribution in [-0.4, -0.2) is 9.55 Å². The maximum atomic E-state index is 6.16. The van der Waals surface area contributed by atoms with Crippen LogP contribution in [0.4, 0.5) is 5.69 Å². The number of fused-ring (bicyclic) bond motifs is 1. The van der Waals surface area contributed by atoms with Crippen molar-refractivity contribution >= 4 is 28.2 Å². The second-order valence-electron chi connectivity index (χ2n) is 4.73. The van der Waals surface area contributed by atoms with Crippen LogP contribution < -0.4 is 5.32 Å². The second kappa shape index (κ2) is 5.55. The molecule has 3 rings (SSSR count). The van der Waals surface area contributed by atoms with Gasteiger partial charge in [-0.15, -0.1) is 0 Å². The molecule has 0 radical (unpaired) electrons. The van der Waals surface area contributed by atoms with Crippen LogP contribution in [0.5, 0.6) is 0 Å². The first-order chi connectivity index (χ1) is 9.76. The average Bonchev–Trinajstić information content (AvgIpc) is 2.92. The first-order valence-electron chi connectivity index (χ1n) is 6.69. The Morgan fingerprint density at radius 1 is 1.30 bits per heavy atom. The molecule has 102 valence electrons. The Labute approximate surface area is 123 Å². The molecule has 2 aromatic heterocycles. The number of benzene rings is 1. The molecule has 0 atom stereocenters. The van der Waals surface area contributed by atoms with Gasteiger partial charge in [-0.05, 0) is 36.8 Å². The minimum absolute atomic E-state index is 0.721. The van der Waals surface area contributed by atoms with Gasteiger partial charge in [0.2, 0.25) is 0 Å². The van der Waals surface area contributed by atoms with Crippen LogP contribution in [0, 0.1) is 0 Å². The van der Waals surface area contributed by atoms with Crippen molar-refractivity contribution in [3.63, 3.8) is 0 Å². The van der Waals surface area contributed by atoms with Crippen LogP contribution in [0.1, 0.15) is 12.5 Å². The van der Waals surface area contributed by atoms with E-state index in [4.69, 9.17) is 11.6 Å². The summed E-state index contributed by atoms with van der Waals surface area (Å²) in [5.41, 5.74) is 3.17. The van der Waals surface area contributed by atoms with Gasteiger partial charge in [-0.2, -0.15) is 0 Å². The highest BCUT2D eigenvalue weighted by molar-refractivity contribution is 6.31. The van der Waals surface area contributed by atoms with Gasteiger partial charge >= 0.3 is 0 Å². The predicted octanol–water partition coefficient (Wildman–Crippen LogP) is 4.32. The molecule has 1 aromatic carbocycles. The molecule has 0 unspecified atom stereocenters. The van der Waals surface area contributed by atoms with E-state index in [1.54, 1.807) is 6.20 Å². The van der Waals surface area contributed by atoms with Crippen LogP contribution in [0.25, 0.3) is 10.9 Å². The van der Waals surface area contributed by atoms with Gasteiger partial charge in [0.05, 0.1) is 11.2 Å². The lowest BCUT2D eigenvalue weighted by molar-refractivity contribution is 0.766. The van der Waals surface area contributed by atoms with Crippen molar-refractivity contribution in [2.45, 2.75) is 20.0 Å². The maximum Gasteiger partial charge on any atom is 0.0934 e. The van der Waals surface area contributed by atoms with Crippen LogP contribution in [-0.2, 0) is 13.1 Å². The number of aromatic nitrogens is 2. The number of nitrogens with zero attached hydrogens (tertiary/aromatic N) is 2. The van der Waals surface area contributed by atoms with E-state index < -0.39 is 0 Å². The van der Waals surface area contributed by atoms with Gasteiger partial charge in [0, 0.05) is 42.1 Å². The molecule has 1 N–H and O–H groups in total. The number of anilines is 1. The first kappa shape index (κ1) is 13.0. The summed E-state index contributed by atoms with van der Waals surface area (Å²) in [6.45, 7) is 3.88. The van der Waals surface area contributed by atoms with E-state index in [9.17, 15) is 0 Å². The molecule has 0 aliphatic rings. The monoisotopic (exact) mass is 285 g/mol. The Morgan fingerprint density at radius 3 is 3.00 bits per heavy atom. The van der Waals surface area contributed by atoms with E-state index in [1.807, 2.05) is 24.3 Å². The van der Waals surface area contributed by atoms with E-state index in [1.165, 1.54) is 5.56 Å². The molecule has 2 heterocycles. The standard InChI is InChI=1S/C16H16ClN3/c1-2-20-7-5-12(11-20)10-19-15-9-14(17)8-13-4-3-6-18-16(13)15/h3-9,11,19H,2,10H2,1H3. The van der Waals surface area contributed by atoms with Crippen LogP contribution in [0.2, 0.25) is 5.02 Å². The summed E-state index contributed by atoms with van der Waals surface area (Å²) in [5, 5.41) is 5.19. The molecule has 0 bridgehead atoms. The van der Waals surface area contributed by atoms with Crippen LogP contribution >= 0.6 is 11.6 Å². The molecule has 20 heavy (non-hydrogen) atoms. The van der Waals surface area contributed by atoms with Crippen molar-refractivity contribution in [1.29, 1.82) is 0 Å². The molecule has 0 aliphatic heterocycles. The van der Waals surface area contributed by atoms with Crippen molar-refractivity contribution in [2.24, 2.45) is 0 Å². The molecule has 0 aliphatic carbocycles. The second-order valence-corrected chi connectivity index (χ2v) is 5.17. The van der Waals surface area contributed by atoms with Crippen molar-refractivity contribution in [3.8, 4) is 0 Å². The van der Waals surface area contributed by atoms with E-state index >= 15 is 0 Å². The molecule has 3 aromatic rings. The molecule has 0 saturated heterocycles. The number of hydrogen-bond donors (Lipinski definition) is 1. The Morgan fingerprint density at radius 2 is 2.20 bits per heavy atom. The fourth-order valence-electron chi connectivity index (χ4n) is 2.28. The van der Waals surface area contributed by atoms with Crippen molar-refractivity contribution in [2.75, 3.05) is 5.32 Å². The number of halogens is 1. The van der Waals surface area contributed by atoms with Gasteiger partial charge in [0.15, 0.2) is 0 Å². The third kappa shape index (κ3) is 2.63. The topological polar surface area (TPSA) is 29.9 Å². The molecule has 0 spiro atoms. The highest BCUT2D eigenvalue weighted by Crippen LogP contribution is 2.26. The van der Waals surface area contributed by atoms with E-state index in [2.05, 4.69) is 40.3 Å². The molecule has 0 amide bonds. The summed E-state index contributed by atoms with van der Waals surface area (Å²) in [6, 6.07) is 9.92. The minimum Gasteiger partial charge on any atom is -0.379 e. The lowest BCUT2D eigenvalue weighted by atomic mass is 10.2. The summed E-state index contributed by atoms with van der Waals surface area (Å²) in [5.74, 6) is 0. The van der Waals surface area contributed by atoms with Gasteiger partial charge in [0.1, 0.15) is 0 Å². The lowest BCUT2D eigenvalue weighted by Crippen LogP contribution is -2.00. The third-order valence-corrected chi connectivity index (χ3v) is 3.55. The summed E-state index contributed by atoms with van der Waals surface area (Å²) in [6.07, 6.45) is 6.04. The predicted molar refractivity (Wildman–Crippen MR) is 84.2 cm³/mol. The Hall–Kier alpha value is -2.00. The third-order valence-electron chi connectivity index (χ3n) is 3.33. The number of aryl methyl sites for hydroxylation is 1. The quantitative estimate of drug-likeness (QED) is 0.773. The number of nitrogens with one attached hydrogen (secondary N) is 1. The fraction of sp³-hybridized carbons (Fsp3) is 0.188. The van der Waals surface area contributed by atoms with Gasteiger partial charge in [-0.25, -0.2) is 0 Å². The Balaban J connectivity index is 1.86. The van der Waals surface area contributed by atoms with E-state index in [0.717, 1.165) is 34.7 Å². The molecule has 0 fully saturated rings.